The van der Waals surface area contributed by atoms with Crippen LogP contribution in [0.3, 0.4) is 0 Å². The van der Waals surface area contributed by atoms with Crippen molar-refractivity contribution in [2.75, 3.05) is 0 Å². The van der Waals surface area contributed by atoms with Crippen LogP contribution in [0.4, 0.5) is 13.2 Å². The average molecular weight is 252 g/mol. The zero-order valence-corrected chi connectivity index (χ0v) is 10.5. The highest BCUT2D eigenvalue weighted by atomic mass is 19.4. The summed E-state index contributed by atoms with van der Waals surface area (Å²) in [5.41, 5.74) is 0. The fourth-order valence-electron chi connectivity index (χ4n) is 2.74. The van der Waals surface area contributed by atoms with Crippen LogP contribution in [-0.4, -0.2) is 17.4 Å². The highest BCUT2D eigenvalue weighted by molar-refractivity contribution is 4.81. The molecule has 1 rings (SSSR count). The van der Waals surface area contributed by atoms with Crippen LogP contribution < -0.4 is 0 Å². The van der Waals surface area contributed by atoms with Crippen molar-refractivity contribution in [1.29, 1.82) is 0 Å². The number of halogens is 3. The quantitative estimate of drug-likeness (QED) is 0.723. The van der Waals surface area contributed by atoms with Crippen LogP contribution in [-0.2, 0) is 0 Å². The maximum absolute atomic E-state index is 12.3. The molecule has 1 fully saturated rings. The van der Waals surface area contributed by atoms with E-state index in [0.29, 0.717) is 18.8 Å². The van der Waals surface area contributed by atoms with Gasteiger partial charge < -0.3 is 5.11 Å². The number of aliphatic hydroxyl groups is 1. The van der Waals surface area contributed by atoms with E-state index in [1.54, 1.807) is 0 Å². The second kappa shape index (κ2) is 6.62. The summed E-state index contributed by atoms with van der Waals surface area (Å²) in [5.74, 6) is 0.00987. The van der Waals surface area contributed by atoms with Crippen molar-refractivity contribution >= 4 is 0 Å². The molecule has 0 heterocycles. The van der Waals surface area contributed by atoms with Gasteiger partial charge in [0.25, 0.3) is 0 Å². The SMILES string of the molecule is CCCCCC1CCC(C(O)C(F)(F)F)CC1. The second-order valence-corrected chi connectivity index (χ2v) is 5.26. The molecule has 0 amide bonds. The first-order valence-electron chi connectivity index (χ1n) is 6.70. The van der Waals surface area contributed by atoms with Crippen molar-refractivity contribution in [1.82, 2.24) is 0 Å². The number of unbranched alkanes of at least 4 members (excludes halogenated alkanes) is 2. The summed E-state index contributed by atoms with van der Waals surface area (Å²) in [6.07, 6.45) is 0.917. The highest BCUT2D eigenvalue weighted by Crippen LogP contribution is 2.38. The predicted molar refractivity (Wildman–Crippen MR) is 61.7 cm³/mol. The third-order valence-electron chi connectivity index (χ3n) is 3.89. The van der Waals surface area contributed by atoms with Gasteiger partial charge in [-0.1, -0.05) is 45.4 Å². The lowest BCUT2D eigenvalue weighted by Crippen LogP contribution is -2.37. The zero-order chi connectivity index (χ0) is 12.9. The molecule has 1 atom stereocenters. The molecule has 1 N–H and O–H groups in total. The summed E-state index contributed by atoms with van der Waals surface area (Å²) in [5, 5.41) is 9.19. The van der Waals surface area contributed by atoms with Crippen molar-refractivity contribution in [3.63, 3.8) is 0 Å². The van der Waals surface area contributed by atoms with E-state index in [4.69, 9.17) is 0 Å². The van der Waals surface area contributed by atoms with Crippen LogP contribution in [0, 0.1) is 11.8 Å². The molecule has 0 saturated heterocycles. The van der Waals surface area contributed by atoms with Crippen LogP contribution in [0.2, 0.25) is 0 Å². The Morgan fingerprint density at radius 2 is 1.71 bits per heavy atom. The molecule has 102 valence electrons. The lowest BCUT2D eigenvalue weighted by Gasteiger charge is -2.32. The van der Waals surface area contributed by atoms with E-state index in [2.05, 4.69) is 6.92 Å². The van der Waals surface area contributed by atoms with Gasteiger partial charge in [-0.25, -0.2) is 0 Å². The van der Waals surface area contributed by atoms with Crippen LogP contribution in [0.25, 0.3) is 0 Å². The van der Waals surface area contributed by atoms with Crippen LogP contribution in [0.5, 0.6) is 0 Å². The van der Waals surface area contributed by atoms with Crippen molar-refractivity contribution in [2.45, 2.75) is 70.6 Å². The van der Waals surface area contributed by atoms with E-state index in [9.17, 15) is 18.3 Å². The van der Waals surface area contributed by atoms with Gasteiger partial charge in [0.05, 0.1) is 0 Å². The molecule has 4 heteroatoms. The van der Waals surface area contributed by atoms with E-state index in [1.165, 1.54) is 19.3 Å². The van der Waals surface area contributed by atoms with Crippen molar-refractivity contribution in [2.24, 2.45) is 11.8 Å². The largest absolute Gasteiger partial charge is 0.414 e. The van der Waals surface area contributed by atoms with Gasteiger partial charge in [-0.05, 0) is 24.7 Å². The standard InChI is InChI=1S/C13H23F3O/c1-2-3-4-5-10-6-8-11(9-7-10)12(17)13(14,15)16/h10-12,17H,2-9H2,1H3. The first-order valence-corrected chi connectivity index (χ1v) is 6.70. The Labute approximate surface area is 101 Å². The van der Waals surface area contributed by atoms with E-state index in [1.807, 2.05) is 0 Å². The number of hydrogen-bond donors (Lipinski definition) is 1. The summed E-state index contributed by atoms with van der Waals surface area (Å²) >= 11 is 0. The van der Waals surface area contributed by atoms with Gasteiger partial charge >= 0.3 is 6.18 Å². The molecule has 1 saturated carbocycles. The molecule has 0 aliphatic heterocycles. The summed E-state index contributed by atoms with van der Waals surface area (Å²) in [7, 11) is 0. The topological polar surface area (TPSA) is 20.2 Å². The first kappa shape index (κ1) is 14.8. The normalized spacial score (nSPS) is 28.1. The molecular formula is C13H23F3O. The first-order chi connectivity index (χ1) is 7.95. The summed E-state index contributed by atoms with van der Waals surface area (Å²) in [6, 6.07) is 0. The molecule has 1 nitrogen and oxygen atoms in total. The van der Waals surface area contributed by atoms with Gasteiger partial charge in [0.2, 0.25) is 0 Å². The zero-order valence-electron chi connectivity index (χ0n) is 10.5. The Bertz CT molecular complexity index is 207. The number of alkyl halides is 3. The Morgan fingerprint density at radius 3 is 2.18 bits per heavy atom. The minimum absolute atomic E-state index is 0.525. The van der Waals surface area contributed by atoms with Gasteiger partial charge in [-0.2, -0.15) is 13.2 Å². The smallest absolute Gasteiger partial charge is 0.383 e. The highest BCUT2D eigenvalue weighted by Gasteiger charge is 2.44. The molecule has 1 aliphatic carbocycles. The van der Waals surface area contributed by atoms with E-state index < -0.39 is 18.2 Å². The third kappa shape index (κ3) is 4.86. The third-order valence-corrected chi connectivity index (χ3v) is 3.89. The van der Waals surface area contributed by atoms with Gasteiger partial charge in [-0.15, -0.1) is 0 Å². The fourth-order valence-corrected chi connectivity index (χ4v) is 2.74. The number of hydrogen-bond acceptors (Lipinski definition) is 1. The number of rotatable bonds is 5. The van der Waals surface area contributed by atoms with Gasteiger partial charge in [0, 0.05) is 0 Å². The number of aliphatic hydroxyl groups excluding tert-OH is 1. The molecule has 0 radical (unpaired) electrons. The lowest BCUT2D eigenvalue weighted by molar-refractivity contribution is -0.222. The van der Waals surface area contributed by atoms with E-state index in [-0.39, 0.29) is 0 Å². The monoisotopic (exact) mass is 252 g/mol. The van der Waals surface area contributed by atoms with Crippen molar-refractivity contribution in [3.05, 3.63) is 0 Å². The molecule has 1 aliphatic rings. The maximum Gasteiger partial charge on any atom is 0.414 e. The van der Waals surface area contributed by atoms with Gasteiger partial charge in [0.1, 0.15) is 0 Å². The van der Waals surface area contributed by atoms with E-state index in [0.717, 1.165) is 19.3 Å². The predicted octanol–water partition coefficient (Wildman–Crippen LogP) is 4.30. The van der Waals surface area contributed by atoms with Crippen molar-refractivity contribution < 1.29 is 18.3 Å². The molecule has 0 spiro atoms. The molecule has 1 unspecified atom stereocenters. The Kier molecular flexibility index (Phi) is 5.77. The van der Waals surface area contributed by atoms with Crippen LogP contribution in [0.15, 0.2) is 0 Å². The molecular weight excluding hydrogens is 229 g/mol. The van der Waals surface area contributed by atoms with Crippen LogP contribution in [0.1, 0.15) is 58.3 Å². The second-order valence-electron chi connectivity index (χ2n) is 5.26. The van der Waals surface area contributed by atoms with Gasteiger partial charge in [-0.3, -0.25) is 0 Å². The average Bonchev–Trinajstić information content (AvgIpc) is 2.28. The Balaban J connectivity index is 2.26. The fraction of sp³-hybridized carbons (Fsp3) is 1.00. The Morgan fingerprint density at radius 1 is 1.12 bits per heavy atom. The lowest BCUT2D eigenvalue weighted by atomic mass is 9.77. The summed E-state index contributed by atoms with van der Waals surface area (Å²) < 4.78 is 37.0. The Hall–Kier alpha value is -0.250. The summed E-state index contributed by atoms with van der Waals surface area (Å²) in [6.45, 7) is 2.15. The molecule has 0 aromatic carbocycles. The van der Waals surface area contributed by atoms with Gasteiger partial charge in [0.15, 0.2) is 6.10 Å². The summed E-state index contributed by atoms with van der Waals surface area (Å²) in [4.78, 5) is 0. The minimum Gasteiger partial charge on any atom is -0.383 e. The minimum atomic E-state index is -4.44. The molecule has 17 heavy (non-hydrogen) atoms. The van der Waals surface area contributed by atoms with E-state index >= 15 is 0 Å². The molecule has 0 aromatic rings. The van der Waals surface area contributed by atoms with Crippen LogP contribution >= 0.6 is 0 Å². The van der Waals surface area contributed by atoms with Crippen molar-refractivity contribution in [3.8, 4) is 0 Å². The molecule has 0 bridgehead atoms. The molecule has 0 aromatic heterocycles. The maximum atomic E-state index is 12.3.